The number of hydrogen-bond donors (Lipinski definition) is 2. The third-order valence-corrected chi connectivity index (χ3v) is 3.74. The molecule has 1 aliphatic heterocycles. The maximum absolute atomic E-state index is 12.1. The molecule has 1 atom stereocenters. The Bertz CT molecular complexity index is 499. The van der Waals surface area contributed by atoms with Gasteiger partial charge in [-0.05, 0) is 25.3 Å². The number of benzene rings is 1. The topological polar surface area (TPSA) is 69.6 Å². The first-order valence-electron chi connectivity index (χ1n) is 7.35. The first-order chi connectivity index (χ1) is 10.1. The summed E-state index contributed by atoms with van der Waals surface area (Å²) in [5.41, 5.74) is 2.20. The molecule has 5 nitrogen and oxygen atoms in total. The summed E-state index contributed by atoms with van der Waals surface area (Å²) in [6.07, 6.45) is 1.52. The van der Waals surface area contributed by atoms with Gasteiger partial charge in [-0.1, -0.05) is 29.8 Å². The maximum atomic E-state index is 12.1. The van der Waals surface area contributed by atoms with E-state index in [1.165, 1.54) is 5.56 Å². The summed E-state index contributed by atoms with van der Waals surface area (Å²) in [5, 5.41) is 11.5. The Morgan fingerprint density at radius 1 is 1.38 bits per heavy atom. The molecule has 1 unspecified atom stereocenters. The minimum Gasteiger partial charge on any atom is -0.396 e. The molecule has 0 bridgehead atoms. The molecule has 1 heterocycles. The van der Waals surface area contributed by atoms with E-state index in [9.17, 15) is 9.59 Å². The van der Waals surface area contributed by atoms with Crippen molar-refractivity contribution in [3.8, 4) is 0 Å². The molecule has 0 saturated carbocycles. The van der Waals surface area contributed by atoms with E-state index in [4.69, 9.17) is 5.11 Å². The van der Waals surface area contributed by atoms with Crippen LogP contribution in [0.1, 0.15) is 30.4 Å². The highest BCUT2D eigenvalue weighted by Gasteiger charge is 2.35. The summed E-state index contributed by atoms with van der Waals surface area (Å²) in [7, 11) is 0. The molecule has 2 rings (SSSR count). The van der Waals surface area contributed by atoms with E-state index >= 15 is 0 Å². The molecule has 1 saturated heterocycles. The maximum Gasteiger partial charge on any atom is 0.242 e. The van der Waals surface area contributed by atoms with E-state index in [1.807, 2.05) is 31.2 Å². The Morgan fingerprint density at radius 3 is 2.76 bits per heavy atom. The molecule has 1 aliphatic rings. The van der Waals surface area contributed by atoms with Gasteiger partial charge in [-0.15, -0.1) is 0 Å². The fourth-order valence-electron chi connectivity index (χ4n) is 2.50. The van der Waals surface area contributed by atoms with Crippen LogP contribution < -0.4 is 5.32 Å². The van der Waals surface area contributed by atoms with Crippen molar-refractivity contribution in [1.29, 1.82) is 0 Å². The highest BCUT2D eigenvalue weighted by Crippen LogP contribution is 2.21. The molecule has 0 radical (unpaired) electrons. The standard InChI is InChI=1S/C16H22N2O3/c1-12-3-5-13(6-4-12)11-18-14(7-8-15(18)20)16(21)17-9-2-10-19/h3-6,14,19H,2,7-11H2,1H3,(H,17,21). The first-order valence-corrected chi connectivity index (χ1v) is 7.35. The molecule has 2 N–H and O–H groups in total. The van der Waals surface area contributed by atoms with Crippen molar-refractivity contribution in [2.45, 2.75) is 38.8 Å². The van der Waals surface area contributed by atoms with Gasteiger partial charge < -0.3 is 15.3 Å². The van der Waals surface area contributed by atoms with Gasteiger partial charge in [-0.25, -0.2) is 0 Å². The Balaban J connectivity index is 1.99. The third kappa shape index (κ3) is 4.04. The Labute approximate surface area is 125 Å². The summed E-state index contributed by atoms with van der Waals surface area (Å²) in [6, 6.07) is 7.60. The molecular formula is C16H22N2O3. The minimum absolute atomic E-state index is 0.0258. The Hall–Kier alpha value is -1.88. The van der Waals surface area contributed by atoms with Gasteiger partial charge in [0.25, 0.3) is 0 Å². The van der Waals surface area contributed by atoms with Gasteiger partial charge in [0.15, 0.2) is 0 Å². The van der Waals surface area contributed by atoms with E-state index in [2.05, 4.69) is 5.32 Å². The number of rotatable bonds is 6. The average molecular weight is 290 g/mol. The van der Waals surface area contributed by atoms with Crippen LogP contribution in [0.5, 0.6) is 0 Å². The number of carbonyl (C=O) groups excluding carboxylic acids is 2. The minimum atomic E-state index is -0.391. The molecule has 0 aromatic heterocycles. The molecule has 2 amide bonds. The van der Waals surface area contributed by atoms with Gasteiger partial charge in [0.05, 0.1) is 0 Å². The predicted octanol–water partition coefficient (Wildman–Crippen LogP) is 0.985. The Kier molecular flexibility index (Phi) is 5.33. The van der Waals surface area contributed by atoms with Gasteiger partial charge in [-0.2, -0.15) is 0 Å². The fourth-order valence-corrected chi connectivity index (χ4v) is 2.50. The van der Waals surface area contributed by atoms with Crippen molar-refractivity contribution in [2.24, 2.45) is 0 Å². The molecule has 0 spiro atoms. The van der Waals surface area contributed by atoms with Crippen molar-refractivity contribution < 1.29 is 14.7 Å². The number of carbonyl (C=O) groups is 2. The molecule has 5 heteroatoms. The summed E-state index contributed by atoms with van der Waals surface area (Å²) in [5.74, 6) is -0.0979. The van der Waals surface area contributed by atoms with Crippen LogP contribution in [0.4, 0.5) is 0 Å². The van der Waals surface area contributed by atoms with Gasteiger partial charge in [0.2, 0.25) is 11.8 Å². The van der Waals surface area contributed by atoms with Gasteiger partial charge >= 0.3 is 0 Å². The monoisotopic (exact) mass is 290 g/mol. The zero-order valence-electron chi connectivity index (χ0n) is 12.3. The smallest absolute Gasteiger partial charge is 0.242 e. The number of aryl methyl sites for hydroxylation is 1. The van der Waals surface area contributed by atoms with Crippen LogP contribution in [0.25, 0.3) is 0 Å². The molecule has 1 aromatic rings. The van der Waals surface area contributed by atoms with Crippen LogP contribution in [-0.2, 0) is 16.1 Å². The second kappa shape index (κ2) is 7.22. The average Bonchev–Trinajstić information content (AvgIpc) is 2.83. The molecule has 114 valence electrons. The first kappa shape index (κ1) is 15.5. The van der Waals surface area contributed by atoms with E-state index in [1.54, 1.807) is 4.90 Å². The van der Waals surface area contributed by atoms with Crippen molar-refractivity contribution >= 4 is 11.8 Å². The molecule has 1 fully saturated rings. The van der Waals surface area contributed by atoms with E-state index in [-0.39, 0.29) is 18.4 Å². The molecule has 21 heavy (non-hydrogen) atoms. The third-order valence-electron chi connectivity index (χ3n) is 3.74. The van der Waals surface area contributed by atoms with Crippen molar-refractivity contribution in [1.82, 2.24) is 10.2 Å². The van der Waals surface area contributed by atoms with Crippen molar-refractivity contribution in [2.75, 3.05) is 13.2 Å². The van der Waals surface area contributed by atoms with Crippen LogP contribution in [-0.4, -0.2) is 41.0 Å². The lowest BCUT2D eigenvalue weighted by molar-refractivity contribution is -0.135. The van der Waals surface area contributed by atoms with E-state index in [0.29, 0.717) is 32.4 Å². The lowest BCUT2D eigenvalue weighted by Crippen LogP contribution is -2.44. The molecule has 1 aromatic carbocycles. The summed E-state index contributed by atoms with van der Waals surface area (Å²) in [6.45, 7) is 2.98. The van der Waals surface area contributed by atoms with Crippen LogP contribution in [0.15, 0.2) is 24.3 Å². The van der Waals surface area contributed by atoms with Crippen LogP contribution in [0, 0.1) is 6.92 Å². The number of amides is 2. The number of nitrogens with one attached hydrogen (secondary N) is 1. The second-order valence-corrected chi connectivity index (χ2v) is 5.43. The zero-order valence-corrected chi connectivity index (χ0v) is 12.3. The summed E-state index contributed by atoms with van der Waals surface area (Å²) >= 11 is 0. The molecular weight excluding hydrogens is 268 g/mol. The quantitative estimate of drug-likeness (QED) is 0.768. The van der Waals surface area contributed by atoms with E-state index < -0.39 is 6.04 Å². The van der Waals surface area contributed by atoms with Crippen LogP contribution >= 0.6 is 0 Å². The van der Waals surface area contributed by atoms with Gasteiger partial charge in [0, 0.05) is 26.1 Å². The van der Waals surface area contributed by atoms with Crippen LogP contribution in [0.3, 0.4) is 0 Å². The van der Waals surface area contributed by atoms with Crippen molar-refractivity contribution in [3.05, 3.63) is 35.4 Å². The van der Waals surface area contributed by atoms with Crippen molar-refractivity contribution in [3.63, 3.8) is 0 Å². The number of nitrogens with zero attached hydrogens (tertiary/aromatic N) is 1. The molecule has 0 aliphatic carbocycles. The number of aliphatic hydroxyl groups excluding tert-OH is 1. The number of aliphatic hydroxyl groups is 1. The summed E-state index contributed by atoms with van der Waals surface area (Å²) < 4.78 is 0. The largest absolute Gasteiger partial charge is 0.396 e. The number of hydrogen-bond acceptors (Lipinski definition) is 3. The predicted molar refractivity (Wildman–Crippen MR) is 79.5 cm³/mol. The highest BCUT2D eigenvalue weighted by atomic mass is 16.3. The zero-order chi connectivity index (χ0) is 15.2. The lowest BCUT2D eigenvalue weighted by Gasteiger charge is -2.24. The summed E-state index contributed by atoms with van der Waals surface area (Å²) in [4.78, 5) is 25.8. The Morgan fingerprint density at radius 2 is 2.10 bits per heavy atom. The fraction of sp³-hybridized carbons (Fsp3) is 0.500. The van der Waals surface area contributed by atoms with Gasteiger partial charge in [0.1, 0.15) is 6.04 Å². The second-order valence-electron chi connectivity index (χ2n) is 5.43. The lowest BCUT2D eigenvalue weighted by atomic mass is 10.1. The van der Waals surface area contributed by atoms with Crippen LogP contribution in [0.2, 0.25) is 0 Å². The highest BCUT2D eigenvalue weighted by molar-refractivity contribution is 5.90. The normalized spacial score (nSPS) is 18.1. The number of likely N-dealkylation sites (tertiary alicyclic amines) is 1. The SMILES string of the molecule is Cc1ccc(CN2C(=O)CCC2C(=O)NCCCO)cc1. The van der Waals surface area contributed by atoms with E-state index in [0.717, 1.165) is 5.56 Å². The van der Waals surface area contributed by atoms with Gasteiger partial charge in [-0.3, -0.25) is 9.59 Å².